The number of nitrogens with zero attached hydrogens (tertiary/aromatic N) is 7. The number of imide groups is 1. The van der Waals surface area contributed by atoms with Crippen LogP contribution in [0.2, 0.25) is 5.02 Å². The van der Waals surface area contributed by atoms with E-state index in [1.54, 1.807) is 35.4 Å². The summed E-state index contributed by atoms with van der Waals surface area (Å²) in [5.41, 5.74) is 7.93. The van der Waals surface area contributed by atoms with E-state index >= 15 is 0 Å². The van der Waals surface area contributed by atoms with Crippen LogP contribution >= 0.6 is 11.6 Å². The Kier molecular flexibility index (Phi) is 18.2. The highest BCUT2D eigenvalue weighted by atomic mass is 35.5. The van der Waals surface area contributed by atoms with E-state index in [4.69, 9.17) is 16.3 Å². The fraction of sp³-hybridized carbons (Fsp3) is 0.433. The molecule has 90 heavy (non-hydrogen) atoms. The zero-order valence-electron chi connectivity index (χ0n) is 50.8. The number of carbonyl (C=O) groups excluding carboxylic acids is 5. The number of hydrogen-bond donors (Lipinski definition) is 4. The van der Waals surface area contributed by atoms with Crippen LogP contribution in [-0.2, 0) is 37.4 Å². The fourth-order valence-corrected chi connectivity index (χ4v) is 15.1. The molecule has 3 saturated heterocycles. The SMILES string of the molecule is CC1(C)CCC(CN2CCN(c3ccc(C(=O)NS(=O)(=O)c4ccc(NCC5CCC(N6CCN(CCCCc7cccc8c7CN(C7CCC(=O)NC7=O)C8=O)C(=O)C6)CC5)c([N+](=O)[O-])c4)c(Oc4cnc5[nH]ccc5c4)c3)CC2)=C(c2ccc(Cl)cc2)C1. The normalized spacial score (nSPS) is 21.0. The molecule has 472 valence electrons. The number of piperazine rings is 2. The van der Waals surface area contributed by atoms with Crippen LogP contribution < -0.4 is 25.0 Å². The Morgan fingerprint density at radius 1 is 0.878 bits per heavy atom. The van der Waals surface area contributed by atoms with Crippen LogP contribution in [-0.4, -0.2) is 150 Å². The number of allylic oxidation sites excluding steroid dienone is 1. The lowest BCUT2D eigenvalue weighted by molar-refractivity contribution is -0.384. The third-order valence-electron chi connectivity index (χ3n) is 19.1. The van der Waals surface area contributed by atoms with Crippen molar-refractivity contribution in [2.75, 3.05) is 75.7 Å². The minimum Gasteiger partial charge on any atom is -0.455 e. The van der Waals surface area contributed by atoms with Crippen LogP contribution in [0.15, 0.2) is 114 Å². The van der Waals surface area contributed by atoms with Gasteiger partial charge in [-0.25, -0.2) is 18.1 Å². The predicted molar refractivity (Wildman–Crippen MR) is 343 cm³/mol. The number of nitro groups is 1. The number of piperidine rings is 1. The molecule has 1 saturated carbocycles. The van der Waals surface area contributed by atoms with Crippen molar-refractivity contribution < 1.29 is 42.1 Å². The number of rotatable bonds is 20. The Hall–Kier alpha value is -8.18. The average Bonchev–Trinajstić information content (AvgIpc) is 1.80. The Labute approximate surface area is 528 Å². The van der Waals surface area contributed by atoms with Crippen molar-refractivity contribution in [2.45, 2.75) is 114 Å². The van der Waals surface area contributed by atoms with E-state index in [9.17, 15) is 42.5 Å². The summed E-state index contributed by atoms with van der Waals surface area (Å²) >= 11 is 6.28. The lowest BCUT2D eigenvalue weighted by Crippen LogP contribution is -2.54. The van der Waals surface area contributed by atoms with Gasteiger partial charge in [-0.3, -0.25) is 49.2 Å². The lowest BCUT2D eigenvalue weighted by Gasteiger charge is -2.41. The van der Waals surface area contributed by atoms with E-state index in [0.29, 0.717) is 74.2 Å². The highest BCUT2D eigenvalue weighted by molar-refractivity contribution is 7.90. The van der Waals surface area contributed by atoms with Gasteiger partial charge in [-0.2, -0.15) is 0 Å². The molecule has 2 aliphatic carbocycles. The summed E-state index contributed by atoms with van der Waals surface area (Å²) in [6, 6.07) is 25.6. The summed E-state index contributed by atoms with van der Waals surface area (Å²) in [5.74, 6) is -1.20. The van der Waals surface area contributed by atoms with Crippen molar-refractivity contribution >= 4 is 84.8 Å². The van der Waals surface area contributed by atoms with E-state index in [1.165, 1.54) is 41.1 Å². The minimum atomic E-state index is -4.65. The molecular weight excluding hydrogens is 1190 g/mol. The molecule has 4 aromatic carbocycles. The van der Waals surface area contributed by atoms with Crippen molar-refractivity contribution in [1.82, 2.24) is 39.6 Å². The van der Waals surface area contributed by atoms with Crippen LogP contribution in [0, 0.1) is 21.4 Å². The Morgan fingerprint density at radius 2 is 1.68 bits per heavy atom. The van der Waals surface area contributed by atoms with Gasteiger partial charge in [0.1, 0.15) is 28.9 Å². The second kappa shape index (κ2) is 26.3. The van der Waals surface area contributed by atoms with Crippen molar-refractivity contribution in [3.63, 3.8) is 0 Å². The van der Waals surface area contributed by atoms with Crippen LogP contribution in [0.3, 0.4) is 0 Å². The highest BCUT2D eigenvalue weighted by Crippen LogP contribution is 2.44. The molecule has 4 N–H and O–H groups in total. The van der Waals surface area contributed by atoms with Gasteiger partial charge in [0.15, 0.2) is 0 Å². The van der Waals surface area contributed by atoms with Gasteiger partial charge < -0.3 is 29.7 Å². The number of halogens is 1. The zero-order chi connectivity index (χ0) is 62.8. The number of anilines is 2. The van der Waals surface area contributed by atoms with Crippen LogP contribution in [0.5, 0.6) is 11.5 Å². The summed E-state index contributed by atoms with van der Waals surface area (Å²) in [7, 11) is -4.65. The summed E-state index contributed by atoms with van der Waals surface area (Å²) in [4.78, 5) is 94.7. The third kappa shape index (κ3) is 13.9. The second-order valence-corrected chi connectivity index (χ2v) is 27.8. The maximum atomic E-state index is 14.2. The maximum Gasteiger partial charge on any atom is 0.293 e. The van der Waals surface area contributed by atoms with Crippen molar-refractivity contribution in [2.24, 2.45) is 11.3 Å². The predicted octanol–water partition coefficient (Wildman–Crippen LogP) is 9.72. The maximum absolute atomic E-state index is 14.2. The fourth-order valence-electron chi connectivity index (χ4n) is 13.9. The molecule has 0 spiro atoms. The standard InChI is InChI=1S/C67H76ClN11O10S/c1-67(2)25-23-47(55(37-67)45-11-13-48(68)14-12-45)40-74-28-30-75(31-29-74)50-17-19-54(60(35-50)89-51-34-46-24-26-69-63(46)71-39-51)64(82)73-90(87,88)52-18-20-57(59(36-52)79(85)86)70-38-43-9-15-49(16-10-43)77-33-32-76(62(81)42-77)27-4-3-6-44-7-5-8-53-56(44)41-78(66(53)84)58-21-22-61(80)72-65(58)83/h5,7-8,11-14,17-20,24,26,34-36,39,43,49,58,70H,3-4,6,9-10,15-16,21-23,25,27-33,37-38,40-42H2,1-2H3,(H,69,71)(H,73,82)(H,72,80,83). The number of aromatic nitrogens is 2. The number of H-pyrrole nitrogens is 1. The average molecular weight is 1260 g/mol. The number of aryl methyl sites for hydroxylation is 1. The molecular formula is C67H76ClN11O10S. The number of fused-ring (bicyclic) bond motifs is 2. The molecule has 1 unspecified atom stereocenters. The van der Waals surface area contributed by atoms with Gasteiger partial charge in [-0.1, -0.05) is 55.3 Å². The molecule has 6 aliphatic rings. The molecule has 23 heteroatoms. The number of sulfonamides is 1. The van der Waals surface area contributed by atoms with Crippen molar-refractivity contribution in [1.29, 1.82) is 0 Å². The number of ether oxygens (including phenoxy) is 1. The largest absolute Gasteiger partial charge is 0.455 e. The molecule has 6 heterocycles. The van der Waals surface area contributed by atoms with E-state index in [2.05, 4.69) is 66.0 Å². The van der Waals surface area contributed by atoms with Crippen LogP contribution in [0.4, 0.5) is 17.1 Å². The first kappa shape index (κ1) is 62.0. The van der Waals surface area contributed by atoms with Gasteiger partial charge in [-0.15, -0.1) is 0 Å². The monoisotopic (exact) mass is 1260 g/mol. The number of benzene rings is 4. The van der Waals surface area contributed by atoms with Gasteiger partial charge in [-0.05, 0) is 159 Å². The van der Waals surface area contributed by atoms with E-state index in [1.807, 2.05) is 35.2 Å². The number of pyridine rings is 1. The number of hydrogen-bond acceptors (Lipinski definition) is 15. The minimum absolute atomic E-state index is 0.0615. The Morgan fingerprint density at radius 3 is 2.44 bits per heavy atom. The van der Waals surface area contributed by atoms with Crippen LogP contribution in [0.25, 0.3) is 16.6 Å². The smallest absolute Gasteiger partial charge is 0.293 e. The number of aromatic amines is 1. The molecule has 0 bridgehead atoms. The number of nitrogens with one attached hydrogen (secondary N) is 4. The third-order valence-corrected chi connectivity index (χ3v) is 20.7. The van der Waals surface area contributed by atoms with Gasteiger partial charge >= 0.3 is 0 Å². The molecule has 1 atom stereocenters. The molecule has 4 fully saturated rings. The molecule has 6 aromatic rings. The number of nitro benzene ring substituents is 1. The van der Waals surface area contributed by atoms with E-state index < -0.39 is 43.4 Å². The quantitative estimate of drug-likeness (QED) is 0.0240. The first-order valence-corrected chi connectivity index (χ1v) is 33.2. The summed E-state index contributed by atoms with van der Waals surface area (Å²) in [6.07, 6.45) is 12.7. The molecule has 21 nitrogen and oxygen atoms in total. The van der Waals surface area contributed by atoms with Gasteiger partial charge in [0, 0.05) is 118 Å². The number of amides is 5. The van der Waals surface area contributed by atoms with Crippen molar-refractivity contribution in [3.8, 4) is 11.5 Å². The van der Waals surface area contributed by atoms with E-state index in [-0.39, 0.29) is 58.5 Å². The van der Waals surface area contributed by atoms with Gasteiger partial charge in [0.05, 0.1) is 28.1 Å². The van der Waals surface area contributed by atoms with Gasteiger partial charge in [0.25, 0.3) is 27.5 Å². The topological polar surface area (TPSA) is 253 Å². The van der Waals surface area contributed by atoms with Crippen molar-refractivity contribution in [3.05, 3.63) is 152 Å². The molecule has 0 radical (unpaired) electrons. The molecule has 12 rings (SSSR count). The summed E-state index contributed by atoms with van der Waals surface area (Å²) in [6.45, 7) is 11.7. The second-order valence-electron chi connectivity index (χ2n) is 25.6. The molecule has 2 aromatic heterocycles. The first-order valence-electron chi connectivity index (χ1n) is 31.4. The zero-order valence-corrected chi connectivity index (χ0v) is 52.4. The van der Waals surface area contributed by atoms with E-state index in [0.717, 1.165) is 119 Å². The Bertz CT molecular complexity index is 3910. The molecule has 5 amide bonds. The Balaban J connectivity index is 0.627. The van der Waals surface area contributed by atoms with Gasteiger partial charge in [0.2, 0.25) is 17.7 Å². The lowest BCUT2D eigenvalue weighted by atomic mass is 9.72. The highest BCUT2D eigenvalue weighted by Gasteiger charge is 2.40. The summed E-state index contributed by atoms with van der Waals surface area (Å²) in [5, 5.41) is 19.6. The summed E-state index contributed by atoms with van der Waals surface area (Å²) < 4.78 is 36.6. The number of unbranched alkanes of at least 4 members (excludes halogenated alkanes) is 1. The first-order chi connectivity index (χ1) is 43.3. The number of carbonyl (C=O) groups is 5. The molecule has 4 aliphatic heterocycles. The van der Waals surface area contributed by atoms with Crippen LogP contribution in [0.1, 0.15) is 122 Å².